The largest absolute Gasteiger partial charge is 0.382 e. The molecule has 0 spiro atoms. The molecule has 4 rings (SSSR count). The lowest BCUT2D eigenvalue weighted by molar-refractivity contribution is 0.0959. The van der Waals surface area contributed by atoms with Gasteiger partial charge in [-0.05, 0) is 18.2 Å². The molecule has 4 aromatic rings. The van der Waals surface area contributed by atoms with Crippen molar-refractivity contribution in [3.63, 3.8) is 0 Å². The van der Waals surface area contributed by atoms with Gasteiger partial charge in [0.05, 0.1) is 21.9 Å². The van der Waals surface area contributed by atoms with Crippen LogP contribution in [-0.2, 0) is 0 Å². The van der Waals surface area contributed by atoms with Crippen molar-refractivity contribution in [2.75, 3.05) is 12.8 Å². The van der Waals surface area contributed by atoms with Crippen LogP contribution < -0.4 is 11.1 Å². The van der Waals surface area contributed by atoms with Crippen molar-refractivity contribution >= 4 is 34.2 Å². The SMILES string of the molecule is CNC(=O)c1nc(-c2cc(Cl)c3ncccc3c2)c(-c2ccccc2)nc1N. The molecule has 7 heteroatoms. The van der Waals surface area contributed by atoms with Crippen molar-refractivity contribution in [1.29, 1.82) is 0 Å². The van der Waals surface area contributed by atoms with Crippen molar-refractivity contribution in [3.05, 3.63) is 71.5 Å². The number of benzene rings is 2. The number of nitrogens with two attached hydrogens (primary N) is 1. The zero-order valence-electron chi connectivity index (χ0n) is 15.0. The number of aromatic nitrogens is 3. The molecule has 3 N–H and O–H groups in total. The summed E-state index contributed by atoms with van der Waals surface area (Å²) in [6.07, 6.45) is 1.69. The van der Waals surface area contributed by atoms with Gasteiger partial charge in [-0.2, -0.15) is 0 Å². The lowest BCUT2D eigenvalue weighted by Crippen LogP contribution is -2.22. The molecule has 0 aliphatic heterocycles. The monoisotopic (exact) mass is 389 g/mol. The normalized spacial score (nSPS) is 10.8. The number of carbonyl (C=O) groups is 1. The molecule has 1 amide bonds. The van der Waals surface area contributed by atoms with Crippen LogP contribution in [0, 0.1) is 0 Å². The Hall–Kier alpha value is -3.51. The second-order valence-corrected chi connectivity index (χ2v) is 6.54. The molecule has 2 heterocycles. The smallest absolute Gasteiger partial charge is 0.273 e. The quantitative estimate of drug-likeness (QED) is 0.553. The van der Waals surface area contributed by atoms with Crippen LogP contribution in [0.15, 0.2) is 60.8 Å². The average Bonchev–Trinajstić information content (AvgIpc) is 2.73. The number of nitrogen functional groups attached to an aromatic ring is 1. The van der Waals surface area contributed by atoms with Gasteiger partial charge in [-0.3, -0.25) is 9.78 Å². The van der Waals surface area contributed by atoms with Crippen molar-refractivity contribution in [2.24, 2.45) is 0 Å². The number of amides is 1. The third-order valence-corrected chi connectivity index (χ3v) is 4.63. The van der Waals surface area contributed by atoms with Crippen LogP contribution in [0.1, 0.15) is 10.5 Å². The maximum Gasteiger partial charge on any atom is 0.273 e. The number of anilines is 1. The summed E-state index contributed by atoms with van der Waals surface area (Å²) in [5.74, 6) is -0.338. The second kappa shape index (κ2) is 7.25. The topological polar surface area (TPSA) is 93.8 Å². The lowest BCUT2D eigenvalue weighted by Gasteiger charge is -2.13. The predicted octanol–water partition coefficient (Wildman–Crippen LogP) is 3.95. The average molecular weight is 390 g/mol. The van der Waals surface area contributed by atoms with E-state index in [1.165, 1.54) is 7.05 Å². The Labute approximate surface area is 166 Å². The van der Waals surface area contributed by atoms with E-state index in [1.54, 1.807) is 12.3 Å². The maximum absolute atomic E-state index is 12.2. The Morgan fingerprint density at radius 3 is 2.50 bits per heavy atom. The molecule has 0 saturated carbocycles. The van der Waals surface area contributed by atoms with E-state index in [9.17, 15) is 4.79 Å². The van der Waals surface area contributed by atoms with Crippen molar-refractivity contribution < 1.29 is 4.79 Å². The number of hydrogen-bond acceptors (Lipinski definition) is 5. The maximum atomic E-state index is 12.2. The van der Waals surface area contributed by atoms with Crippen LogP contribution in [0.4, 0.5) is 5.82 Å². The number of nitrogens with one attached hydrogen (secondary N) is 1. The summed E-state index contributed by atoms with van der Waals surface area (Å²) >= 11 is 6.46. The van der Waals surface area contributed by atoms with E-state index in [0.717, 1.165) is 16.5 Å². The van der Waals surface area contributed by atoms with Gasteiger partial charge < -0.3 is 11.1 Å². The summed E-state index contributed by atoms with van der Waals surface area (Å²) in [6, 6.07) is 17.0. The van der Waals surface area contributed by atoms with Crippen LogP contribution in [0.2, 0.25) is 5.02 Å². The number of carbonyl (C=O) groups excluding carboxylic acids is 1. The summed E-state index contributed by atoms with van der Waals surface area (Å²) in [6.45, 7) is 0. The molecule has 28 heavy (non-hydrogen) atoms. The van der Waals surface area contributed by atoms with Gasteiger partial charge in [0.25, 0.3) is 5.91 Å². The van der Waals surface area contributed by atoms with Crippen LogP contribution in [0.25, 0.3) is 33.4 Å². The van der Waals surface area contributed by atoms with Gasteiger partial charge in [0, 0.05) is 29.8 Å². The summed E-state index contributed by atoms with van der Waals surface area (Å²) in [5, 5.41) is 3.90. The van der Waals surface area contributed by atoms with Gasteiger partial charge in [0.1, 0.15) is 0 Å². The van der Waals surface area contributed by atoms with Gasteiger partial charge in [-0.1, -0.05) is 48.0 Å². The van der Waals surface area contributed by atoms with E-state index in [4.69, 9.17) is 17.3 Å². The molecule has 138 valence electrons. The molecule has 0 aliphatic carbocycles. The fourth-order valence-electron chi connectivity index (χ4n) is 3.02. The molecular weight excluding hydrogens is 374 g/mol. The third kappa shape index (κ3) is 3.14. The summed E-state index contributed by atoms with van der Waals surface area (Å²) in [7, 11) is 1.52. The highest BCUT2D eigenvalue weighted by Gasteiger charge is 2.20. The number of fused-ring (bicyclic) bond motifs is 1. The van der Waals surface area contributed by atoms with E-state index < -0.39 is 5.91 Å². The molecule has 0 unspecified atom stereocenters. The predicted molar refractivity (Wildman–Crippen MR) is 111 cm³/mol. The minimum absolute atomic E-state index is 0.0653. The first-order chi connectivity index (χ1) is 13.6. The Balaban J connectivity index is 2.02. The van der Waals surface area contributed by atoms with Crippen LogP contribution in [0.5, 0.6) is 0 Å². The fourth-order valence-corrected chi connectivity index (χ4v) is 3.29. The van der Waals surface area contributed by atoms with Gasteiger partial charge in [-0.25, -0.2) is 9.97 Å². The first kappa shape index (κ1) is 17.9. The van der Waals surface area contributed by atoms with Crippen molar-refractivity contribution in [3.8, 4) is 22.5 Å². The Morgan fingerprint density at radius 2 is 1.75 bits per heavy atom. The van der Waals surface area contributed by atoms with E-state index in [-0.39, 0.29) is 11.5 Å². The first-order valence-electron chi connectivity index (χ1n) is 8.58. The number of pyridine rings is 1. The van der Waals surface area contributed by atoms with Gasteiger partial charge in [0.15, 0.2) is 11.5 Å². The molecule has 0 fully saturated rings. The summed E-state index contributed by atoms with van der Waals surface area (Å²) in [5.41, 5.74) is 9.45. The number of nitrogens with zero attached hydrogens (tertiary/aromatic N) is 3. The molecule has 0 aliphatic rings. The van der Waals surface area contributed by atoms with E-state index in [2.05, 4.69) is 20.3 Å². The Kier molecular flexibility index (Phi) is 4.63. The molecule has 2 aromatic carbocycles. The minimum atomic E-state index is -0.403. The Bertz CT molecular complexity index is 1190. The number of hydrogen-bond donors (Lipinski definition) is 2. The molecule has 6 nitrogen and oxygen atoms in total. The molecule has 0 atom stereocenters. The zero-order chi connectivity index (χ0) is 19.7. The van der Waals surface area contributed by atoms with Crippen LogP contribution >= 0.6 is 11.6 Å². The van der Waals surface area contributed by atoms with Gasteiger partial charge >= 0.3 is 0 Å². The van der Waals surface area contributed by atoms with Gasteiger partial charge in [0.2, 0.25) is 0 Å². The highest BCUT2D eigenvalue weighted by Crippen LogP contribution is 2.34. The highest BCUT2D eigenvalue weighted by atomic mass is 35.5. The Morgan fingerprint density at radius 1 is 1.00 bits per heavy atom. The van der Waals surface area contributed by atoms with E-state index in [1.807, 2.05) is 48.5 Å². The lowest BCUT2D eigenvalue weighted by atomic mass is 10.0. The third-order valence-electron chi connectivity index (χ3n) is 4.34. The molecule has 2 aromatic heterocycles. The van der Waals surface area contributed by atoms with E-state index in [0.29, 0.717) is 21.9 Å². The summed E-state index contributed by atoms with van der Waals surface area (Å²) < 4.78 is 0. The van der Waals surface area contributed by atoms with E-state index >= 15 is 0 Å². The fraction of sp³-hybridized carbons (Fsp3) is 0.0476. The number of rotatable bonds is 3. The van der Waals surface area contributed by atoms with Crippen molar-refractivity contribution in [2.45, 2.75) is 0 Å². The summed E-state index contributed by atoms with van der Waals surface area (Å²) in [4.78, 5) is 25.6. The zero-order valence-corrected chi connectivity index (χ0v) is 15.7. The first-order valence-corrected chi connectivity index (χ1v) is 8.96. The molecule has 0 bridgehead atoms. The molecule has 0 saturated heterocycles. The molecular formula is C21H16ClN5O. The minimum Gasteiger partial charge on any atom is -0.382 e. The second-order valence-electron chi connectivity index (χ2n) is 6.13. The standard InChI is InChI=1S/C21H16ClN5O/c1-24-21(28)19-20(23)27-17(12-6-3-2-4-7-12)18(26-19)14-10-13-8-5-9-25-16(13)15(22)11-14/h2-11H,1H3,(H2,23,27)(H,24,28). The van der Waals surface area contributed by atoms with Gasteiger partial charge in [-0.15, -0.1) is 0 Å². The number of halogens is 1. The van der Waals surface area contributed by atoms with Crippen LogP contribution in [-0.4, -0.2) is 27.9 Å². The van der Waals surface area contributed by atoms with Crippen LogP contribution in [0.3, 0.4) is 0 Å². The highest BCUT2D eigenvalue weighted by molar-refractivity contribution is 6.35. The van der Waals surface area contributed by atoms with Crippen molar-refractivity contribution in [1.82, 2.24) is 20.3 Å². The molecule has 0 radical (unpaired) electrons.